The van der Waals surface area contributed by atoms with Crippen molar-refractivity contribution in [2.24, 2.45) is 4.99 Å². The van der Waals surface area contributed by atoms with E-state index in [0.717, 1.165) is 50.5 Å². The number of fused-ring (bicyclic) bond motifs is 1. The number of hydrogen-bond donors (Lipinski definition) is 2. The molecule has 1 unspecified atom stereocenters. The average molecular weight is 542 g/mol. The van der Waals surface area contributed by atoms with Crippen LogP contribution in [0.5, 0.6) is 5.75 Å². The lowest BCUT2D eigenvalue weighted by Crippen LogP contribution is -2.47. The second-order valence-corrected chi connectivity index (χ2v) is 9.28. The van der Waals surface area contributed by atoms with Gasteiger partial charge in [-0.3, -0.25) is 4.99 Å². The number of aliphatic imine (C=N–C) groups is 1. The summed E-state index contributed by atoms with van der Waals surface area (Å²) in [6.45, 7) is 6.91. The summed E-state index contributed by atoms with van der Waals surface area (Å²) in [5.41, 5.74) is 1.26. The Morgan fingerprint density at radius 1 is 1.13 bits per heavy atom. The van der Waals surface area contributed by atoms with Gasteiger partial charge in [-0.15, -0.1) is 24.0 Å². The molecule has 1 atom stereocenters. The van der Waals surface area contributed by atoms with Gasteiger partial charge < -0.3 is 25.2 Å². The fraction of sp³-hybridized carbons (Fsp3) is 0.708. The fourth-order valence-corrected chi connectivity index (χ4v) is 5.27. The lowest BCUT2D eigenvalue weighted by molar-refractivity contribution is 0.0396. The van der Waals surface area contributed by atoms with E-state index in [9.17, 15) is 0 Å². The molecule has 1 aliphatic carbocycles. The highest BCUT2D eigenvalue weighted by Gasteiger charge is 2.43. The van der Waals surface area contributed by atoms with E-state index in [4.69, 9.17) is 4.74 Å². The maximum absolute atomic E-state index is 6.50. The van der Waals surface area contributed by atoms with Crippen molar-refractivity contribution >= 4 is 29.9 Å². The summed E-state index contributed by atoms with van der Waals surface area (Å²) in [6, 6.07) is 8.76. The molecule has 2 fully saturated rings. The molecule has 2 N–H and O–H groups in total. The predicted octanol–water partition coefficient (Wildman–Crippen LogP) is 3.63. The molecule has 0 aromatic heterocycles. The molecular formula is C24H40IN5O. The van der Waals surface area contributed by atoms with Crippen molar-refractivity contribution in [1.29, 1.82) is 0 Å². The number of likely N-dealkylation sites (N-methyl/N-ethyl adjacent to an activating group) is 1. The van der Waals surface area contributed by atoms with E-state index in [2.05, 4.69) is 56.7 Å². The van der Waals surface area contributed by atoms with Crippen LogP contribution < -0.4 is 15.4 Å². The second-order valence-electron chi connectivity index (χ2n) is 9.28. The highest BCUT2D eigenvalue weighted by molar-refractivity contribution is 14.0. The SMILES string of the molecule is CN=C(NCCCN1CCCN(C)CC1)NC1CC2(CCCC2)Oc2ccccc21.I. The highest BCUT2D eigenvalue weighted by atomic mass is 127. The summed E-state index contributed by atoms with van der Waals surface area (Å²) in [7, 11) is 4.10. The molecule has 7 heteroatoms. The van der Waals surface area contributed by atoms with Crippen molar-refractivity contribution in [3.05, 3.63) is 29.8 Å². The minimum absolute atomic E-state index is 0. The van der Waals surface area contributed by atoms with E-state index in [1.54, 1.807) is 0 Å². The molecule has 2 aliphatic heterocycles. The highest BCUT2D eigenvalue weighted by Crippen LogP contribution is 2.46. The number of rotatable bonds is 5. The van der Waals surface area contributed by atoms with E-state index in [-0.39, 0.29) is 35.6 Å². The van der Waals surface area contributed by atoms with Crippen molar-refractivity contribution in [2.75, 3.05) is 53.4 Å². The molecule has 4 rings (SSSR count). The summed E-state index contributed by atoms with van der Waals surface area (Å²) in [6.07, 6.45) is 8.30. The summed E-state index contributed by atoms with van der Waals surface area (Å²) in [4.78, 5) is 9.55. The normalized spacial score (nSPS) is 24.1. The van der Waals surface area contributed by atoms with Crippen LogP contribution in [-0.2, 0) is 0 Å². The monoisotopic (exact) mass is 541 g/mol. The number of ether oxygens (including phenoxy) is 1. The van der Waals surface area contributed by atoms with Crippen LogP contribution in [0.1, 0.15) is 56.6 Å². The maximum Gasteiger partial charge on any atom is 0.191 e. The van der Waals surface area contributed by atoms with Gasteiger partial charge in [-0.2, -0.15) is 0 Å². The first-order valence-electron chi connectivity index (χ1n) is 11.8. The Morgan fingerprint density at radius 2 is 1.94 bits per heavy atom. The molecule has 1 aromatic rings. The first kappa shape index (κ1) is 24.6. The molecule has 2 heterocycles. The van der Waals surface area contributed by atoms with Gasteiger partial charge in [0.25, 0.3) is 0 Å². The van der Waals surface area contributed by atoms with Crippen molar-refractivity contribution < 1.29 is 4.74 Å². The standard InChI is InChI=1S/C24H39N5O.HI/c1-25-23(26-13-7-15-29-16-8-14-28(2)17-18-29)27-21-19-24(11-5-6-12-24)30-22-10-4-3-9-20(21)22;/h3-4,9-10,21H,5-8,11-19H2,1-2H3,(H2,25,26,27);1H. The van der Waals surface area contributed by atoms with Crippen LogP contribution in [0.4, 0.5) is 0 Å². The number of hydrogen-bond acceptors (Lipinski definition) is 4. The quantitative estimate of drug-likeness (QED) is 0.258. The van der Waals surface area contributed by atoms with Crippen LogP contribution >= 0.6 is 24.0 Å². The lowest BCUT2D eigenvalue weighted by atomic mass is 9.86. The first-order chi connectivity index (χ1) is 14.7. The van der Waals surface area contributed by atoms with E-state index in [1.165, 1.54) is 51.0 Å². The molecule has 1 aromatic carbocycles. The third kappa shape index (κ3) is 6.48. The number of para-hydroxylation sites is 1. The third-order valence-corrected chi connectivity index (χ3v) is 7.00. The molecule has 6 nitrogen and oxygen atoms in total. The van der Waals surface area contributed by atoms with Crippen molar-refractivity contribution in [1.82, 2.24) is 20.4 Å². The average Bonchev–Trinajstić information content (AvgIpc) is 3.09. The molecule has 0 bridgehead atoms. The van der Waals surface area contributed by atoms with Crippen LogP contribution in [0.2, 0.25) is 0 Å². The van der Waals surface area contributed by atoms with E-state index in [1.807, 2.05) is 7.05 Å². The topological polar surface area (TPSA) is 52.1 Å². The molecule has 1 spiro atoms. The Balaban J connectivity index is 0.00000272. The largest absolute Gasteiger partial charge is 0.487 e. The first-order valence-corrected chi connectivity index (χ1v) is 11.8. The zero-order valence-corrected chi connectivity index (χ0v) is 21.6. The van der Waals surface area contributed by atoms with Crippen LogP contribution in [0.3, 0.4) is 0 Å². The van der Waals surface area contributed by atoms with Gasteiger partial charge in [-0.25, -0.2) is 0 Å². The second kappa shape index (κ2) is 11.7. The Labute approximate surface area is 205 Å². The Morgan fingerprint density at radius 3 is 2.74 bits per heavy atom. The molecule has 1 saturated carbocycles. The number of nitrogens with one attached hydrogen (secondary N) is 2. The van der Waals surface area contributed by atoms with Gasteiger partial charge in [0, 0.05) is 38.7 Å². The van der Waals surface area contributed by atoms with Crippen LogP contribution in [0.25, 0.3) is 0 Å². The van der Waals surface area contributed by atoms with Crippen molar-refractivity contribution in [3.63, 3.8) is 0 Å². The Hall–Kier alpha value is -1.06. The molecule has 3 aliphatic rings. The molecular weight excluding hydrogens is 501 g/mol. The zero-order chi connectivity index (χ0) is 20.8. The third-order valence-electron chi connectivity index (χ3n) is 7.00. The molecule has 31 heavy (non-hydrogen) atoms. The Kier molecular flexibility index (Phi) is 9.28. The summed E-state index contributed by atoms with van der Waals surface area (Å²) in [5.74, 6) is 1.95. The van der Waals surface area contributed by atoms with E-state index >= 15 is 0 Å². The minimum Gasteiger partial charge on any atom is -0.487 e. The van der Waals surface area contributed by atoms with Gasteiger partial charge in [0.1, 0.15) is 11.4 Å². The van der Waals surface area contributed by atoms with Crippen molar-refractivity contribution in [2.45, 2.75) is 56.6 Å². The fourth-order valence-electron chi connectivity index (χ4n) is 5.27. The molecule has 1 saturated heterocycles. The zero-order valence-electron chi connectivity index (χ0n) is 19.2. The van der Waals surface area contributed by atoms with E-state index < -0.39 is 0 Å². The van der Waals surface area contributed by atoms with Crippen molar-refractivity contribution in [3.8, 4) is 5.75 Å². The molecule has 0 amide bonds. The number of nitrogens with zero attached hydrogens (tertiary/aromatic N) is 3. The van der Waals surface area contributed by atoms with Gasteiger partial charge in [0.05, 0.1) is 6.04 Å². The Bertz CT molecular complexity index is 722. The van der Waals surface area contributed by atoms with Gasteiger partial charge >= 0.3 is 0 Å². The number of guanidine groups is 1. The molecule has 0 radical (unpaired) electrons. The summed E-state index contributed by atoms with van der Waals surface area (Å²) >= 11 is 0. The van der Waals surface area contributed by atoms with Crippen LogP contribution in [0, 0.1) is 0 Å². The van der Waals surface area contributed by atoms with Gasteiger partial charge in [0.2, 0.25) is 0 Å². The minimum atomic E-state index is 0. The van der Waals surface area contributed by atoms with Crippen LogP contribution in [0.15, 0.2) is 29.3 Å². The number of halogens is 1. The maximum atomic E-state index is 6.50. The molecule has 174 valence electrons. The van der Waals surface area contributed by atoms with Gasteiger partial charge in [-0.1, -0.05) is 18.2 Å². The van der Waals surface area contributed by atoms with Crippen LogP contribution in [-0.4, -0.2) is 74.7 Å². The van der Waals surface area contributed by atoms with Gasteiger partial charge in [0.15, 0.2) is 5.96 Å². The number of benzene rings is 1. The summed E-state index contributed by atoms with van der Waals surface area (Å²) < 4.78 is 6.50. The predicted molar refractivity (Wildman–Crippen MR) is 139 cm³/mol. The summed E-state index contributed by atoms with van der Waals surface area (Å²) in [5, 5.41) is 7.26. The van der Waals surface area contributed by atoms with E-state index in [0.29, 0.717) is 0 Å². The lowest BCUT2D eigenvalue weighted by Gasteiger charge is -2.40. The smallest absolute Gasteiger partial charge is 0.191 e. The van der Waals surface area contributed by atoms with Gasteiger partial charge in [-0.05, 0) is 71.3 Å².